The summed E-state index contributed by atoms with van der Waals surface area (Å²) in [6, 6.07) is 40.2. The van der Waals surface area contributed by atoms with Crippen molar-refractivity contribution in [3.05, 3.63) is 132 Å². The second-order valence-corrected chi connectivity index (χ2v) is 8.07. The van der Waals surface area contributed by atoms with Gasteiger partial charge in [-0.2, -0.15) is 0 Å². The standard InChI is InChI=1S/C31H31NO/c1-3-30(25-13-7-4-8-14-25)31(26-15-9-5-10-16-26)27-19-21-29(22-20-27)33-24-23-32(2)28-17-11-6-12-18-28/h4-22H,3,23-24H2,1-2H3. The maximum atomic E-state index is 6.05. The second-order valence-electron chi connectivity index (χ2n) is 8.07. The highest BCUT2D eigenvalue weighted by molar-refractivity contribution is 5.98. The molecule has 0 aromatic heterocycles. The molecule has 4 rings (SSSR count). The van der Waals surface area contributed by atoms with Crippen molar-refractivity contribution in [2.75, 3.05) is 25.1 Å². The third-order valence-electron chi connectivity index (χ3n) is 5.88. The highest BCUT2D eigenvalue weighted by Crippen LogP contribution is 2.34. The first-order chi connectivity index (χ1) is 16.3. The molecule has 0 atom stereocenters. The van der Waals surface area contributed by atoms with E-state index in [1.165, 1.54) is 33.5 Å². The van der Waals surface area contributed by atoms with Crippen LogP contribution in [0.5, 0.6) is 5.75 Å². The van der Waals surface area contributed by atoms with Crippen LogP contribution in [0.2, 0.25) is 0 Å². The van der Waals surface area contributed by atoms with Crippen molar-refractivity contribution < 1.29 is 4.74 Å². The molecule has 0 aliphatic carbocycles. The Kier molecular flexibility index (Phi) is 7.60. The molecule has 0 saturated carbocycles. The topological polar surface area (TPSA) is 12.5 Å². The summed E-state index contributed by atoms with van der Waals surface area (Å²) in [6.45, 7) is 3.69. The van der Waals surface area contributed by atoms with Crippen LogP contribution < -0.4 is 9.64 Å². The number of benzene rings is 4. The van der Waals surface area contributed by atoms with Gasteiger partial charge in [-0.3, -0.25) is 0 Å². The molecule has 0 unspecified atom stereocenters. The molecule has 2 heteroatoms. The molecule has 166 valence electrons. The predicted molar refractivity (Wildman–Crippen MR) is 141 cm³/mol. The molecule has 0 fully saturated rings. The van der Waals surface area contributed by atoms with E-state index in [0.29, 0.717) is 6.61 Å². The van der Waals surface area contributed by atoms with Crippen molar-refractivity contribution in [3.8, 4) is 5.75 Å². The van der Waals surface area contributed by atoms with E-state index in [-0.39, 0.29) is 0 Å². The molecule has 4 aromatic rings. The minimum atomic E-state index is 0.635. The summed E-state index contributed by atoms with van der Waals surface area (Å²) in [7, 11) is 2.09. The van der Waals surface area contributed by atoms with Crippen LogP contribution >= 0.6 is 0 Å². The molecule has 0 amide bonds. The second kappa shape index (κ2) is 11.2. The van der Waals surface area contributed by atoms with Crippen LogP contribution in [0.1, 0.15) is 30.0 Å². The van der Waals surface area contributed by atoms with Gasteiger partial charge in [0.15, 0.2) is 0 Å². The van der Waals surface area contributed by atoms with E-state index in [9.17, 15) is 0 Å². The Hall–Kier alpha value is -3.78. The average Bonchev–Trinajstić information content (AvgIpc) is 2.89. The van der Waals surface area contributed by atoms with Crippen LogP contribution in [0, 0.1) is 0 Å². The van der Waals surface area contributed by atoms with Gasteiger partial charge in [0.2, 0.25) is 0 Å². The largest absolute Gasteiger partial charge is 0.492 e. The molecule has 33 heavy (non-hydrogen) atoms. The van der Waals surface area contributed by atoms with Crippen molar-refractivity contribution in [2.24, 2.45) is 0 Å². The fraction of sp³-hybridized carbons (Fsp3) is 0.161. The first kappa shape index (κ1) is 22.4. The molecule has 2 nitrogen and oxygen atoms in total. The van der Waals surface area contributed by atoms with Crippen LogP contribution in [-0.4, -0.2) is 20.2 Å². The van der Waals surface area contributed by atoms with Gasteiger partial charge in [-0.1, -0.05) is 97.9 Å². The third kappa shape index (κ3) is 5.72. The first-order valence-corrected chi connectivity index (χ1v) is 11.6. The Labute approximate surface area is 197 Å². The Balaban J connectivity index is 1.55. The van der Waals surface area contributed by atoms with Gasteiger partial charge in [0.25, 0.3) is 0 Å². The number of ether oxygens (including phenoxy) is 1. The molecule has 0 heterocycles. The van der Waals surface area contributed by atoms with Gasteiger partial charge in [-0.25, -0.2) is 0 Å². The molecule has 0 spiro atoms. The molecule has 0 bridgehead atoms. The maximum absolute atomic E-state index is 6.05. The molecule has 0 N–H and O–H groups in total. The summed E-state index contributed by atoms with van der Waals surface area (Å²) < 4.78 is 6.05. The summed E-state index contributed by atoms with van der Waals surface area (Å²) in [6.07, 6.45) is 0.957. The van der Waals surface area contributed by atoms with Gasteiger partial charge in [-0.05, 0) is 58.5 Å². The van der Waals surface area contributed by atoms with Gasteiger partial charge in [-0.15, -0.1) is 0 Å². The van der Waals surface area contributed by atoms with E-state index >= 15 is 0 Å². The third-order valence-corrected chi connectivity index (χ3v) is 5.88. The lowest BCUT2D eigenvalue weighted by Gasteiger charge is -2.19. The van der Waals surface area contributed by atoms with Crippen LogP contribution in [0.15, 0.2) is 115 Å². The zero-order valence-corrected chi connectivity index (χ0v) is 19.4. The number of likely N-dealkylation sites (N-methyl/N-ethyl adjacent to an activating group) is 1. The van der Waals surface area contributed by atoms with Gasteiger partial charge in [0.05, 0.1) is 6.54 Å². The maximum Gasteiger partial charge on any atom is 0.119 e. The number of para-hydroxylation sites is 1. The summed E-state index contributed by atoms with van der Waals surface area (Å²) in [5, 5.41) is 0. The van der Waals surface area contributed by atoms with Gasteiger partial charge < -0.3 is 9.64 Å². The van der Waals surface area contributed by atoms with Crippen molar-refractivity contribution in [2.45, 2.75) is 13.3 Å². The lowest BCUT2D eigenvalue weighted by Crippen LogP contribution is -2.23. The summed E-state index contributed by atoms with van der Waals surface area (Å²) in [5.74, 6) is 0.894. The molecule has 0 saturated heterocycles. The van der Waals surface area contributed by atoms with Crippen molar-refractivity contribution in [1.29, 1.82) is 0 Å². The number of anilines is 1. The van der Waals surface area contributed by atoms with Gasteiger partial charge in [0, 0.05) is 12.7 Å². The molecule has 0 aliphatic rings. The number of hydrogen-bond acceptors (Lipinski definition) is 2. The van der Waals surface area contributed by atoms with E-state index in [1.807, 2.05) is 6.07 Å². The SMILES string of the molecule is CCC(=C(c1ccccc1)c1ccc(OCCN(C)c2ccccc2)cc1)c1ccccc1. The first-order valence-electron chi connectivity index (χ1n) is 11.6. The average molecular weight is 434 g/mol. The number of hydrogen-bond donors (Lipinski definition) is 0. The molecule has 0 aliphatic heterocycles. The Morgan fingerprint density at radius 2 is 1.15 bits per heavy atom. The Morgan fingerprint density at radius 1 is 0.636 bits per heavy atom. The summed E-state index contributed by atoms with van der Waals surface area (Å²) >= 11 is 0. The van der Waals surface area contributed by atoms with Gasteiger partial charge >= 0.3 is 0 Å². The van der Waals surface area contributed by atoms with Gasteiger partial charge in [0.1, 0.15) is 12.4 Å². The minimum absolute atomic E-state index is 0.635. The van der Waals surface area contributed by atoms with Crippen LogP contribution in [0.3, 0.4) is 0 Å². The quantitative estimate of drug-likeness (QED) is 0.252. The van der Waals surface area contributed by atoms with E-state index < -0.39 is 0 Å². The highest BCUT2D eigenvalue weighted by atomic mass is 16.5. The Morgan fingerprint density at radius 3 is 1.73 bits per heavy atom. The van der Waals surface area contributed by atoms with E-state index in [0.717, 1.165) is 18.7 Å². The fourth-order valence-electron chi connectivity index (χ4n) is 4.11. The van der Waals surface area contributed by atoms with Crippen molar-refractivity contribution >= 4 is 16.8 Å². The van der Waals surface area contributed by atoms with E-state index in [2.05, 4.69) is 128 Å². The van der Waals surface area contributed by atoms with E-state index in [4.69, 9.17) is 4.74 Å². The van der Waals surface area contributed by atoms with Crippen molar-refractivity contribution in [1.82, 2.24) is 0 Å². The fourth-order valence-corrected chi connectivity index (χ4v) is 4.11. The minimum Gasteiger partial charge on any atom is -0.492 e. The number of allylic oxidation sites excluding steroid dienone is 1. The van der Waals surface area contributed by atoms with Crippen LogP contribution in [0.4, 0.5) is 5.69 Å². The summed E-state index contributed by atoms with van der Waals surface area (Å²) in [5.41, 5.74) is 7.52. The lowest BCUT2D eigenvalue weighted by atomic mass is 9.88. The molecule has 0 radical (unpaired) electrons. The summed E-state index contributed by atoms with van der Waals surface area (Å²) in [4.78, 5) is 2.21. The Bertz CT molecular complexity index is 1150. The van der Waals surface area contributed by atoms with Crippen LogP contribution in [-0.2, 0) is 0 Å². The monoisotopic (exact) mass is 433 g/mol. The molecule has 4 aromatic carbocycles. The van der Waals surface area contributed by atoms with Crippen molar-refractivity contribution in [3.63, 3.8) is 0 Å². The zero-order chi connectivity index (χ0) is 22.9. The molecular weight excluding hydrogens is 402 g/mol. The highest BCUT2D eigenvalue weighted by Gasteiger charge is 2.13. The van der Waals surface area contributed by atoms with Crippen LogP contribution in [0.25, 0.3) is 11.1 Å². The van der Waals surface area contributed by atoms with E-state index in [1.54, 1.807) is 0 Å². The lowest BCUT2D eigenvalue weighted by molar-refractivity contribution is 0.326. The normalized spacial score (nSPS) is 11.6. The number of rotatable bonds is 9. The zero-order valence-electron chi connectivity index (χ0n) is 19.4. The predicted octanol–water partition coefficient (Wildman–Crippen LogP) is 7.57. The smallest absolute Gasteiger partial charge is 0.119 e. The molecular formula is C31H31NO. The number of nitrogens with zero attached hydrogens (tertiary/aromatic N) is 1.